The highest BCUT2D eigenvalue weighted by atomic mass is 32.2. The van der Waals surface area contributed by atoms with Gasteiger partial charge in [-0.25, -0.2) is 0 Å². The number of carbonyl (C=O) groups is 1. The number of carbonyl (C=O) groups excluding carboxylic acids is 1. The number of hydrogen-bond donors (Lipinski definition) is 1. The number of amides is 1. The van der Waals surface area contributed by atoms with E-state index in [9.17, 15) is 4.79 Å². The molecule has 1 aromatic heterocycles. The molecule has 0 aliphatic carbocycles. The molecule has 0 atom stereocenters. The van der Waals surface area contributed by atoms with Crippen LogP contribution in [0.5, 0.6) is 11.5 Å². The number of ether oxygens (including phenoxy) is 2. The molecule has 0 unspecified atom stereocenters. The van der Waals surface area contributed by atoms with E-state index in [1.807, 2.05) is 62.4 Å². The zero-order valence-corrected chi connectivity index (χ0v) is 16.4. The molecule has 3 rings (SSSR count). The summed E-state index contributed by atoms with van der Waals surface area (Å²) < 4.78 is 10.7. The number of hydrogen-bond acceptors (Lipinski definition) is 5. The Morgan fingerprint density at radius 2 is 1.85 bits per heavy atom. The first-order chi connectivity index (χ1) is 13.1. The summed E-state index contributed by atoms with van der Waals surface area (Å²) in [6.07, 6.45) is 0. The second-order valence-electron chi connectivity index (χ2n) is 5.94. The van der Waals surface area contributed by atoms with Gasteiger partial charge < -0.3 is 14.8 Å². The third kappa shape index (κ3) is 4.92. The number of nitrogens with zero attached hydrogens (tertiary/aromatic N) is 1. The topological polar surface area (TPSA) is 60.5 Å². The Hall–Kier alpha value is -2.73. The van der Waals surface area contributed by atoms with Gasteiger partial charge >= 0.3 is 0 Å². The number of rotatable bonds is 7. The van der Waals surface area contributed by atoms with Crippen molar-refractivity contribution in [1.82, 2.24) is 4.98 Å². The molecule has 1 N–H and O–H groups in total. The maximum atomic E-state index is 12.3. The first-order valence-electron chi connectivity index (χ1n) is 8.70. The van der Waals surface area contributed by atoms with Crippen molar-refractivity contribution in [3.05, 3.63) is 54.2 Å². The summed E-state index contributed by atoms with van der Waals surface area (Å²) in [5, 5.41) is 3.90. The molecule has 0 fully saturated rings. The van der Waals surface area contributed by atoms with Crippen molar-refractivity contribution >= 4 is 34.3 Å². The van der Waals surface area contributed by atoms with Gasteiger partial charge in [-0.3, -0.25) is 9.78 Å². The van der Waals surface area contributed by atoms with Crippen LogP contribution < -0.4 is 14.8 Å². The molecule has 0 saturated carbocycles. The van der Waals surface area contributed by atoms with Crippen molar-refractivity contribution in [3.63, 3.8) is 0 Å². The van der Waals surface area contributed by atoms with Crippen molar-refractivity contribution in [2.24, 2.45) is 0 Å². The minimum atomic E-state index is -0.0605. The van der Waals surface area contributed by atoms with Crippen LogP contribution in [0.1, 0.15) is 12.6 Å². The van der Waals surface area contributed by atoms with Crippen LogP contribution in [-0.4, -0.2) is 30.4 Å². The van der Waals surface area contributed by atoms with Gasteiger partial charge in [-0.05, 0) is 62.4 Å². The molecular weight excluding hydrogens is 360 g/mol. The van der Waals surface area contributed by atoms with Crippen molar-refractivity contribution in [2.45, 2.75) is 18.7 Å². The lowest BCUT2D eigenvalue weighted by atomic mass is 10.2. The van der Waals surface area contributed by atoms with E-state index < -0.39 is 0 Å². The Bertz CT molecular complexity index is 942. The quantitative estimate of drug-likeness (QED) is 0.601. The number of fused-ring (bicyclic) bond motifs is 1. The summed E-state index contributed by atoms with van der Waals surface area (Å²) in [6.45, 7) is 4.51. The standard InChI is InChI=1S/C21H22N2O3S/c1-4-26-16-7-5-15(6-8-16)23-21(24)13-27-20-11-14(2)22-19-10-9-17(25-3)12-18(19)20/h5-12H,4,13H2,1-3H3,(H,23,24). The molecule has 140 valence electrons. The van der Waals surface area contributed by atoms with Crippen LogP contribution in [0.4, 0.5) is 5.69 Å². The SMILES string of the molecule is CCOc1ccc(NC(=O)CSc2cc(C)nc3ccc(OC)cc23)cc1. The number of aromatic nitrogens is 1. The maximum Gasteiger partial charge on any atom is 0.234 e. The summed E-state index contributed by atoms with van der Waals surface area (Å²) in [5.74, 6) is 1.81. The van der Waals surface area contributed by atoms with E-state index in [1.165, 1.54) is 11.8 Å². The molecule has 1 heterocycles. The molecule has 1 amide bonds. The first-order valence-corrected chi connectivity index (χ1v) is 9.68. The summed E-state index contributed by atoms with van der Waals surface area (Å²) in [5.41, 5.74) is 2.56. The van der Waals surface area contributed by atoms with Crippen LogP contribution in [0, 0.1) is 6.92 Å². The third-order valence-corrected chi connectivity index (χ3v) is 4.97. The van der Waals surface area contributed by atoms with Crippen LogP contribution in [-0.2, 0) is 4.79 Å². The molecule has 5 nitrogen and oxygen atoms in total. The van der Waals surface area contributed by atoms with Crippen LogP contribution in [0.25, 0.3) is 10.9 Å². The molecule has 0 aliphatic rings. The monoisotopic (exact) mass is 382 g/mol. The molecule has 0 spiro atoms. The lowest BCUT2D eigenvalue weighted by molar-refractivity contribution is -0.113. The van der Waals surface area contributed by atoms with Gasteiger partial charge in [0.1, 0.15) is 11.5 Å². The number of aryl methyl sites for hydroxylation is 1. The Labute approximate surface area is 163 Å². The highest BCUT2D eigenvalue weighted by Gasteiger charge is 2.09. The molecule has 0 radical (unpaired) electrons. The van der Waals surface area contributed by atoms with Gasteiger partial charge in [-0.2, -0.15) is 0 Å². The predicted molar refractivity (Wildman–Crippen MR) is 110 cm³/mol. The molecule has 6 heteroatoms. The van der Waals surface area contributed by atoms with Gasteiger partial charge in [0.25, 0.3) is 0 Å². The normalized spacial score (nSPS) is 10.6. The van der Waals surface area contributed by atoms with E-state index >= 15 is 0 Å². The molecule has 0 bridgehead atoms. The zero-order chi connectivity index (χ0) is 19.2. The molecule has 2 aromatic carbocycles. The molecule has 0 saturated heterocycles. The van der Waals surface area contributed by atoms with Crippen LogP contribution in [0.3, 0.4) is 0 Å². The molecular formula is C21H22N2O3S. The van der Waals surface area contributed by atoms with Crippen LogP contribution in [0.2, 0.25) is 0 Å². The number of thioether (sulfide) groups is 1. The number of nitrogens with one attached hydrogen (secondary N) is 1. The average molecular weight is 382 g/mol. The van der Waals surface area contributed by atoms with Gasteiger partial charge in [0, 0.05) is 21.7 Å². The van der Waals surface area contributed by atoms with Gasteiger partial charge in [-0.15, -0.1) is 11.8 Å². The lowest BCUT2D eigenvalue weighted by Crippen LogP contribution is -2.14. The van der Waals surface area contributed by atoms with E-state index in [4.69, 9.17) is 9.47 Å². The number of benzene rings is 2. The predicted octanol–water partition coefficient (Wildman–Crippen LogP) is 4.68. The Morgan fingerprint density at radius 3 is 2.56 bits per heavy atom. The minimum absolute atomic E-state index is 0.0605. The molecule has 0 aliphatic heterocycles. The van der Waals surface area contributed by atoms with Crippen molar-refractivity contribution in [2.75, 3.05) is 24.8 Å². The van der Waals surface area contributed by atoms with Crippen LogP contribution >= 0.6 is 11.8 Å². The highest BCUT2D eigenvalue weighted by Crippen LogP contribution is 2.30. The molecule has 27 heavy (non-hydrogen) atoms. The second kappa shape index (κ2) is 8.77. The van der Waals surface area contributed by atoms with Crippen LogP contribution in [0.15, 0.2) is 53.4 Å². The Morgan fingerprint density at radius 1 is 1.11 bits per heavy atom. The summed E-state index contributed by atoms with van der Waals surface area (Å²) >= 11 is 1.49. The summed E-state index contributed by atoms with van der Waals surface area (Å²) in [6, 6.07) is 15.1. The zero-order valence-electron chi connectivity index (χ0n) is 15.6. The average Bonchev–Trinajstić information content (AvgIpc) is 2.67. The van der Waals surface area contributed by atoms with Crippen molar-refractivity contribution < 1.29 is 14.3 Å². The smallest absolute Gasteiger partial charge is 0.234 e. The van der Waals surface area contributed by atoms with E-state index in [0.29, 0.717) is 12.4 Å². The van der Waals surface area contributed by atoms with Gasteiger partial charge in [-0.1, -0.05) is 0 Å². The maximum absolute atomic E-state index is 12.3. The van der Waals surface area contributed by atoms with Crippen molar-refractivity contribution in [3.8, 4) is 11.5 Å². The van der Waals surface area contributed by atoms with Crippen molar-refractivity contribution in [1.29, 1.82) is 0 Å². The van der Waals surface area contributed by atoms with Gasteiger partial charge in [0.05, 0.1) is 25.0 Å². The Balaban J connectivity index is 1.69. The number of methoxy groups -OCH3 is 1. The minimum Gasteiger partial charge on any atom is -0.497 e. The van der Waals surface area contributed by atoms with Gasteiger partial charge in [0.15, 0.2) is 0 Å². The fourth-order valence-electron chi connectivity index (χ4n) is 2.69. The van der Waals surface area contributed by atoms with E-state index in [2.05, 4.69) is 10.3 Å². The number of pyridine rings is 1. The number of anilines is 1. The third-order valence-electron chi connectivity index (χ3n) is 3.91. The van der Waals surface area contributed by atoms with E-state index in [-0.39, 0.29) is 5.91 Å². The lowest BCUT2D eigenvalue weighted by Gasteiger charge is -2.10. The highest BCUT2D eigenvalue weighted by molar-refractivity contribution is 8.00. The van der Waals surface area contributed by atoms with E-state index in [1.54, 1.807) is 7.11 Å². The summed E-state index contributed by atoms with van der Waals surface area (Å²) in [4.78, 5) is 17.9. The first kappa shape index (κ1) is 19.0. The fraction of sp³-hybridized carbons (Fsp3) is 0.238. The molecule has 3 aromatic rings. The van der Waals surface area contributed by atoms with E-state index in [0.717, 1.165) is 38.7 Å². The second-order valence-corrected chi connectivity index (χ2v) is 6.96. The Kier molecular flexibility index (Phi) is 6.19. The van der Waals surface area contributed by atoms with Gasteiger partial charge in [0.2, 0.25) is 5.91 Å². The fourth-order valence-corrected chi connectivity index (χ4v) is 3.62. The summed E-state index contributed by atoms with van der Waals surface area (Å²) in [7, 11) is 1.64. The largest absolute Gasteiger partial charge is 0.497 e.